The Balaban J connectivity index is 4.27. The zero-order valence-corrected chi connectivity index (χ0v) is 37.6. The average Bonchev–Trinajstić information content (AvgIpc) is 3.18. The van der Waals surface area contributed by atoms with E-state index in [0.29, 0.717) is 19.3 Å². The van der Waals surface area contributed by atoms with Crippen molar-refractivity contribution < 1.29 is 28.6 Å². The fraction of sp³-hybridized carbons (Fsp3) is 0.939. The molecule has 2 unspecified atom stereocenters. The molecule has 6 heteroatoms. The second-order valence-corrected chi connectivity index (χ2v) is 17.2. The van der Waals surface area contributed by atoms with Crippen molar-refractivity contribution in [2.75, 3.05) is 13.2 Å². The molecule has 0 aromatic carbocycles. The van der Waals surface area contributed by atoms with Gasteiger partial charge in [-0.15, -0.1) is 0 Å². The fourth-order valence-electron chi connectivity index (χ4n) is 7.22. The summed E-state index contributed by atoms with van der Waals surface area (Å²) in [7, 11) is 0. The zero-order chi connectivity index (χ0) is 40.5. The monoisotopic (exact) mass is 779 g/mol. The third-order valence-electron chi connectivity index (χ3n) is 11.7. The van der Waals surface area contributed by atoms with Crippen LogP contribution in [0.1, 0.15) is 266 Å². The highest BCUT2D eigenvalue weighted by Gasteiger charge is 2.19. The highest BCUT2D eigenvalue weighted by molar-refractivity contribution is 5.71. The van der Waals surface area contributed by atoms with Crippen LogP contribution in [0.3, 0.4) is 0 Å². The molecule has 6 nitrogen and oxygen atoms in total. The van der Waals surface area contributed by atoms with Gasteiger partial charge in [-0.25, -0.2) is 0 Å². The van der Waals surface area contributed by atoms with E-state index in [9.17, 15) is 14.4 Å². The van der Waals surface area contributed by atoms with Crippen molar-refractivity contribution in [2.45, 2.75) is 272 Å². The van der Waals surface area contributed by atoms with Gasteiger partial charge in [-0.3, -0.25) is 14.4 Å². The lowest BCUT2D eigenvalue weighted by molar-refractivity contribution is -0.167. The zero-order valence-electron chi connectivity index (χ0n) is 37.6. The first-order valence-electron chi connectivity index (χ1n) is 24.3. The SMILES string of the molecule is CCCCCCCCCCCCCCCCCCCC(=O)OC[C@H](COC(=O)CCCCCCCCC(C)CC)OC(=O)CCCCCCCCC(C)CC. The maximum absolute atomic E-state index is 12.7. The number of hydrogen-bond acceptors (Lipinski definition) is 6. The standard InChI is InChI=1S/C49H94O6/c1-6-9-10-11-12-13-14-15-16-17-18-19-20-21-22-29-34-39-47(50)53-42-46(55-49(52)41-36-31-26-24-28-33-38-45(5)8-3)43-54-48(51)40-35-30-25-23-27-32-37-44(4)7-2/h44-46H,6-43H2,1-5H3/t44?,45?,46-/m1/s1. The molecule has 0 aliphatic carbocycles. The highest BCUT2D eigenvalue weighted by atomic mass is 16.6. The third kappa shape index (κ3) is 40.4. The van der Waals surface area contributed by atoms with Crippen LogP contribution in [-0.2, 0) is 28.6 Å². The van der Waals surface area contributed by atoms with E-state index in [2.05, 4.69) is 34.6 Å². The minimum atomic E-state index is -0.762. The van der Waals surface area contributed by atoms with Gasteiger partial charge < -0.3 is 14.2 Å². The van der Waals surface area contributed by atoms with E-state index in [4.69, 9.17) is 14.2 Å². The van der Waals surface area contributed by atoms with Gasteiger partial charge in [0.1, 0.15) is 13.2 Å². The Morgan fingerprint density at radius 2 is 0.636 bits per heavy atom. The number of unbranched alkanes of at least 4 members (excludes halogenated alkanes) is 26. The van der Waals surface area contributed by atoms with Gasteiger partial charge in [0.05, 0.1) is 0 Å². The first kappa shape index (κ1) is 53.4. The van der Waals surface area contributed by atoms with Gasteiger partial charge in [0.2, 0.25) is 0 Å². The van der Waals surface area contributed by atoms with E-state index < -0.39 is 6.10 Å². The minimum absolute atomic E-state index is 0.0658. The summed E-state index contributed by atoms with van der Waals surface area (Å²) in [6.07, 6.45) is 40.9. The molecule has 0 fully saturated rings. The molecule has 55 heavy (non-hydrogen) atoms. The summed E-state index contributed by atoms with van der Waals surface area (Å²) in [5.74, 6) is 0.764. The molecule has 0 saturated carbocycles. The molecule has 0 aromatic rings. The lowest BCUT2D eigenvalue weighted by Crippen LogP contribution is -2.30. The van der Waals surface area contributed by atoms with Crippen LogP contribution in [0.15, 0.2) is 0 Å². The number of esters is 3. The summed E-state index contributed by atoms with van der Waals surface area (Å²) < 4.78 is 16.7. The molecular formula is C49H94O6. The van der Waals surface area contributed by atoms with Crippen molar-refractivity contribution in [1.82, 2.24) is 0 Å². The van der Waals surface area contributed by atoms with Gasteiger partial charge in [-0.1, -0.05) is 227 Å². The van der Waals surface area contributed by atoms with Crippen molar-refractivity contribution in [3.63, 3.8) is 0 Å². The summed E-state index contributed by atoms with van der Waals surface area (Å²) in [6, 6.07) is 0. The normalized spacial score (nSPS) is 13.0. The maximum atomic E-state index is 12.7. The maximum Gasteiger partial charge on any atom is 0.306 e. The molecule has 0 amide bonds. The molecule has 326 valence electrons. The van der Waals surface area contributed by atoms with Gasteiger partial charge in [0, 0.05) is 19.3 Å². The van der Waals surface area contributed by atoms with Crippen LogP contribution in [0.2, 0.25) is 0 Å². The van der Waals surface area contributed by atoms with Crippen LogP contribution < -0.4 is 0 Å². The third-order valence-corrected chi connectivity index (χ3v) is 11.7. The summed E-state index contributed by atoms with van der Waals surface area (Å²) in [4.78, 5) is 37.8. The van der Waals surface area contributed by atoms with Gasteiger partial charge in [0.25, 0.3) is 0 Å². The van der Waals surface area contributed by atoms with Gasteiger partial charge in [0.15, 0.2) is 6.10 Å². The van der Waals surface area contributed by atoms with Gasteiger partial charge in [-0.05, 0) is 31.1 Å². The first-order chi connectivity index (χ1) is 26.8. The van der Waals surface area contributed by atoms with Crippen molar-refractivity contribution in [3.8, 4) is 0 Å². The Bertz CT molecular complexity index is 843. The lowest BCUT2D eigenvalue weighted by atomic mass is 10.00. The molecule has 0 heterocycles. The average molecular weight is 779 g/mol. The molecule has 0 aliphatic rings. The first-order valence-corrected chi connectivity index (χ1v) is 24.3. The lowest BCUT2D eigenvalue weighted by Gasteiger charge is -2.18. The number of hydrogen-bond donors (Lipinski definition) is 0. The minimum Gasteiger partial charge on any atom is -0.462 e. The predicted octanol–water partition coefficient (Wildman–Crippen LogP) is 15.4. The van der Waals surface area contributed by atoms with E-state index in [-0.39, 0.29) is 31.1 Å². The summed E-state index contributed by atoms with van der Waals surface area (Å²) in [5.41, 5.74) is 0. The fourth-order valence-corrected chi connectivity index (χ4v) is 7.22. The molecule has 0 radical (unpaired) electrons. The molecule has 0 rings (SSSR count). The smallest absolute Gasteiger partial charge is 0.306 e. The summed E-state index contributed by atoms with van der Waals surface area (Å²) in [5, 5.41) is 0. The Morgan fingerprint density at radius 3 is 0.945 bits per heavy atom. The van der Waals surface area contributed by atoms with Crippen molar-refractivity contribution in [2.24, 2.45) is 11.8 Å². The van der Waals surface area contributed by atoms with Crippen LogP contribution in [0.25, 0.3) is 0 Å². The predicted molar refractivity (Wildman–Crippen MR) is 233 cm³/mol. The van der Waals surface area contributed by atoms with E-state index in [1.807, 2.05) is 0 Å². The van der Waals surface area contributed by atoms with E-state index in [1.165, 1.54) is 154 Å². The summed E-state index contributed by atoms with van der Waals surface area (Å²) in [6.45, 7) is 11.3. The van der Waals surface area contributed by atoms with Gasteiger partial charge in [-0.2, -0.15) is 0 Å². The molecule has 0 spiro atoms. The molecule has 0 bridgehead atoms. The van der Waals surface area contributed by atoms with Crippen LogP contribution >= 0.6 is 0 Å². The number of ether oxygens (including phenoxy) is 3. The molecule has 0 aromatic heterocycles. The largest absolute Gasteiger partial charge is 0.462 e. The van der Waals surface area contributed by atoms with Crippen molar-refractivity contribution in [3.05, 3.63) is 0 Å². The van der Waals surface area contributed by atoms with Crippen LogP contribution in [0, 0.1) is 11.8 Å². The number of carbonyl (C=O) groups is 3. The Kier molecular flexibility index (Phi) is 40.8. The number of rotatable bonds is 43. The van der Waals surface area contributed by atoms with Crippen LogP contribution in [0.4, 0.5) is 0 Å². The molecule has 0 saturated heterocycles. The topological polar surface area (TPSA) is 78.9 Å². The molecule has 0 N–H and O–H groups in total. The Morgan fingerprint density at radius 1 is 0.364 bits per heavy atom. The van der Waals surface area contributed by atoms with E-state index >= 15 is 0 Å². The summed E-state index contributed by atoms with van der Waals surface area (Å²) >= 11 is 0. The van der Waals surface area contributed by atoms with E-state index in [1.54, 1.807) is 0 Å². The molecule has 3 atom stereocenters. The second kappa shape index (κ2) is 42.0. The van der Waals surface area contributed by atoms with Crippen LogP contribution in [0.5, 0.6) is 0 Å². The Hall–Kier alpha value is -1.59. The molecular weight excluding hydrogens is 685 g/mol. The van der Waals surface area contributed by atoms with Crippen LogP contribution in [-0.4, -0.2) is 37.2 Å². The highest BCUT2D eigenvalue weighted by Crippen LogP contribution is 2.18. The van der Waals surface area contributed by atoms with Gasteiger partial charge >= 0.3 is 17.9 Å². The van der Waals surface area contributed by atoms with Crippen molar-refractivity contribution in [1.29, 1.82) is 0 Å². The van der Waals surface area contributed by atoms with Crippen molar-refractivity contribution >= 4 is 17.9 Å². The molecule has 0 aliphatic heterocycles. The quantitative estimate of drug-likeness (QED) is 0.0348. The Labute approximate surface area is 342 Å². The van der Waals surface area contributed by atoms with E-state index in [0.717, 1.165) is 69.6 Å². The number of carbonyl (C=O) groups excluding carboxylic acids is 3. The second-order valence-electron chi connectivity index (χ2n) is 17.2.